The van der Waals surface area contributed by atoms with E-state index in [1.165, 1.54) is 22.5 Å². The Hall–Kier alpha value is -2.91. The number of pyridine rings is 1. The Morgan fingerprint density at radius 2 is 2.03 bits per heavy atom. The van der Waals surface area contributed by atoms with Crippen LogP contribution in [0.5, 0.6) is 0 Å². The number of hydrogen-bond donors (Lipinski definition) is 1. The molecule has 4 rings (SSSR count). The van der Waals surface area contributed by atoms with E-state index in [1.54, 1.807) is 31.6 Å². The molecule has 3 aromatic rings. The van der Waals surface area contributed by atoms with Gasteiger partial charge in [-0.15, -0.1) is 0 Å². The van der Waals surface area contributed by atoms with Crippen molar-refractivity contribution >= 4 is 21.7 Å². The van der Waals surface area contributed by atoms with Crippen LogP contribution in [0.4, 0.5) is 16.0 Å². The highest BCUT2D eigenvalue weighted by atomic mass is 32.2. The van der Waals surface area contributed by atoms with Crippen LogP contribution in [0.1, 0.15) is 30.1 Å². The van der Waals surface area contributed by atoms with Gasteiger partial charge in [0.05, 0.1) is 22.8 Å². The molecular formula is C20H20FN5O2S. The second-order valence-corrected chi connectivity index (χ2v) is 8.74. The summed E-state index contributed by atoms with van der Waals surface area (Å²) < 4.78 is 41.4. The second kappa shape index (κ2) is 7.84. The summed E-state index contributed by atoms with van der Waals surface area (Å²) in [4.78, 5) is 12.9. The molecule has 9 heteroatoms. The van der Waals surface area contributed by atoms with E-state index >= 15 is 0 Å². The molecule has 1 aliphatic rings. The number of anilines is 2. The lowest BCUT2D eigenvalue weighted by molar-refractivity contribution is 0.390. The fourth-order valence-corrected chi connectivity index (χ4v) is 5.19. The summed E-state index contributed by atoms with van der Waals surface area (Å²) in [6, 6.07) is 8.93. The number of nitrogens with one attached hydrogen (secondary N) is 1. The normalized spacial score (nSPS) is 17.4. The molecule has 1 fully saturated rings. The van der Waals surface area contributed by atoms with Gasteiger partial charge in [0.15, 0.2) is 0 Å². The molecule has 29 heavy (non-hydrogen) atoms. The predicted octanol–water partition coefficient (Wildman–Crippen LogP) is 3.59. The standard InChI is InChI=1S/C20H20FN5O2S/c1-14-12-15(7-8-16(14)21)29(27,28)26-11-3-5-18(26)17-4-2-6-19(24-17)25-20-13-22-9-10-23-20/h2,4,6-10,12-13,18H,3,5,11H2,1H3,(H,23,24,25)/t18-/m0/s1. The van der Waals surface area contributed by atoms with Gasteiger partial charge in [-0.1, -0.05) is 6.07 Å². The molecule has 1 aromatic carbocycles. The first-order valence-corrected chi connectivity index (χ1v) is 10.7. The SMILES string of the molecule is Cc1cc(S(=O)(=O)N2CCC[C@H]2c2cccc(Nc3cnccn3)n2)ccc1F. The van der Waals surface area contributed by atoms with Crippen molar-refractivity contribution in [3.63, 3.8) is 0 Å². The average Bonchev–Trinajstić information content (AvgIpc) is 3.22. The molecule has 1 saturated heterocycles. The van der Waals surface area contributed by atoms with E-state index in [-0.39, 0.29) is 10.9 Å². The lowest BCUT2D eigenvalue weighted by Gasteiger charge is -2.24. The Morgan fingerprint density at radius 1 is 1.17 bits per heavy atom. The molecule has 1 aliphatic heterocycles. The van der Waals surface area contributed by atoms with Crippen molar-refractivity contribution in [2.24, 2.45) is 0 Å². The molecule has 0 saturated carbocycles. The smallest absolute Gasteiger partial charge is 0.243 e. The van der Waals surface area contributed by atoms with Crippen molar-refractivity contribution < 1.29 is 12.8 Å². The van der Waals surface area contributed by atoms with Crippen molar-refractivity contribution in [2.45, 2.75) is 30.7 Å². The summed E-state index contributed by atoms with van der Waals surface area (Å²) in [6.45, 7) is 1.95. The van der Waals surface area contributed by atoms with Crippen LogP contribution in [-0.2, 0) is 10.0 Å². The van der Waals surface area contributed by atoms with E-state index in [0.717, 1.165) is 6.42 Å². The molecule has 0 aliphatic carbocycles. The van der Waals surface area contributed by atoms with Crippen molar-refractivity contribution in [3.05, 3.63) is 72.1 Å². The number of nitrogens with zero attached hydrogens (tertiary/aromatic N) is 4. The predicted molar refractivity (Wildman–Crippen MR) is 107 cm³/mol. The first-order chi connectivity index (χ1) is 13.9. The van der Waals surface area contributed by atoms with Crippen LogP contribution < -0.4 is 5.32 Å². The third-order valence-electron chi connectivity index (χ3n) is 4.87. The van der Waals surface area contributed by atoms with Crippen molar-refractivity contribution in [1.82, 2.24) is 19.3 Å². The number of aryl methyl sites for hydroxylation is 1. The van der Waals surface area contributed by atoms with E-state index < -0.39 is 15.8 Å². The maximum absolute atomic E-state index is 13.6. The van der Waals surface area contributed by atoms with Gasteiger partial charge in [0.1, 0.15) is 17.5 Å². The van der Waals surface area contributed by atoms with Crippen LogP contribution in [-0.4, -0.2) is 34.2 Å². The molecule has 150 valence electrons. The summed E-state index contributed by atoms with van der Waals surface area (Å²) in [7, 11) is -3.76. The van der Waals surface area contributed by atoms with E-state index in [2.05, 4.69) is 20.3 Å². The Balaban J connectivity index is 1.63. The molecule has 0 unspecified atom stereocenters. The third-order valence-corrected chi connectivity index (χ3v) is 6.78. The molecule has 0 amide bonds. The first-order valence-electron chi connectivity index (χ1n) is 9.23. The Morgan fingerprint density at radius 3 is 2.79 bits per heavy atom. The maximum Gasteiger partial charge on any atom is 0.243 e. The highest BCUT2D eigenvalue weighted by Gasteiger charge is 2.37. The van der Waals surface area contributed by atoms with Crippen molar-refractivity contribution in [2.75, 3.05) is 11.9 Å². The zero-order valence-electron chi connectivity index (χ0n) is 15.8. The van der Waals surface area contributed by atoms with Gasteiger partial charge in [-0.3, -0.25) is 4.98 Å². The molecule has 0 spiro atoms. The van der Waals surface area contributed by atoms with Crippen LogP contribution in [0.3, 0.4) is 0 Å². The van der Waals surface area contributed by atoms with Gasteiger partial charge < -0.3 is 5.32 Å². The molecule has 0 bridgehead atoms. The number of rotatable bonds is 5. The first kappa shape index (κ1) is 19.4. The van der Waals surface area contributed by atoms with Crippen LogP contribution >= 0.6 is 0 Å². The molecular weight excluding hydrogens is 393 g/mol. The zero-order valence-corrected chi connectivity index (χ0v) is 16.6. The monoisotopic (exact) mass is 413 g/mol. The zero-order chi connectivity index (χ0) is 20.4. The van der Waals surface area contributed by atoms with Crippen molar-refractivity contribution in [3.8, 4) is 0 Å². The van der Waals surface area contributed by atoms with Gasteiger partial charge in [-0.25, -0.2) is 22.8 Å². The van der Waals surface area contributed by atoms with Gasteiger partial charge >= 0.3 is 0 Å². The van der Waals surface area contributed by atoms with Crippen LogP contribution in [0, 0.1) is 12.7 Å². The summed E-state index contributed by atoms with van der Waals surface area (Å²) in [5, 5.41) is 3.07. The number of aromatic nitrogens is 3. The summed E-state index contributed by atoms with van der Waals surface area (Å²) in [5.41, 5.74) is 0.953. The Labute approximate surface area is 168 Å². The Bertz CT molecular complexity index is 1120. The number of hydrogen-bond acceptors (Lipinski definition) is 6. The molecule has 1 atom stereocenters. The van der Waals surface area contributed by atoms with E-state index in [4.69, 9.17) is 0 Å². The minimum absolute atomic E-state index is 0.0946. The fraction of sp³-hybridized carbons (Fsp3) is 0.250. The van der Waals surface area contributed by atoms with Gasteiger partial charge in [0.2, 0.25) is 10.0 Å². The van der Waals surface area contributed by atoms with E-state index in [0.29, 0.717) is 35.9 Å². The molecule has 1 N–H and O–H groups in total. The van der Waals surface area contributed by atoms with Crippen LogP contribution in [0.15, 0.2) is 59.9 Å². The number of benzene rings is 1. The minimum atomic E-state index is -3.76. The number of halogens is 1. The summed E-state index contributed by atoms with van der Waals surface area (Å²) in [5.74, 6) is 0.686. The van der Waals surface area contributed by atoms with Gasteiger partial charge in [0.25, 0.3) is 0 Å². The van der Waals surface area contributed by atoms with Gasteiger partial charge in [0, 0.05) is 18.9 Å². The van der Waals surface area contributed by atoms with Crippen molar-refractivity contribution in [1.29, 1.82) is 0 Å². The highest BCUT2D eigenvalue weighted by molar-refractivity contribution is 7.89. The highest BCUT2D eigenvalue weighted by Crippen LogP contribution is 2.36. The largest absolute Gasteiger partial charge is 0.324 e. The minimum Gasteiger partial charge on any atom is -0.324 e. The third kappa shape index (κ3) is 3.96. The van der Waals surface area contributed by atoms with E-state index in [1.807, 2.05) is 12.1 Å². The molecule has 3 heterocycles. The van der Waals surface area contributed by atoms with Crippen LogP contribution in [0.2, 0.25) is 0 Å². The lowest BCUT2D eigenvalue weighted by Crippen LogP contribution is -2.31. The molecule has 0 radical (unpaired) electrons. The lowest BCUT2D eigenvalue weighted by atomic mass is 10.1. The second-order valence-electron chi connectivity index (χ2n) is 6.85. The molecule has 2 aromatic heterocycles. The Kier molecular flexibility index (Phi) is 5.25. The number of sulfonamides is 1. The van der Waals surface area contributed by atoms with Crippen LogP contribution in [0.25, 0.3) is 0 Å². The fourth-order valence-electron chi connectivity index (χ4n) is 3.44. The maximum atomic E-state index is 13.6. The topological polar surface area (TPSA) is 88.1 Å². The quantitative estimate of drug-likeness (QED) is 0.688. The molecule has 7 nitrogen and oxygen atoms in total. The summed E-state index contributed by atoms with van der Waals surface area (Å²) in [6.07, 6.45) is 6.13. The summed E-state index contributed by atoms with van der Waals surface area (Å²) >= 11 is 0. The average molecular weight is 413 g/mol. The van der Waals surface area contributed by atoms with Gasteiger partial charge in [-0.2, -0.15) is 4.31 Å². The van der Waals surface area contributed by atoms with E-state index in [9.17, 15) is 12.8 Å². The van der Waals surface area contributed by atoms with Gasteiger partial charge in [-0.05, 0) is 55.7 Å².